The van der Waals surface area contributed by atoms with Crippen LogP contribution in [0.15, 0.2) is 54.6 Å². The second-order valence-corrected chi connectivity index (χ2v) is 4.66. The molecule has 0 saturated heterocycles. The minimum absolute atomic E-state index is 0.161. The van der Waals surface area contributed by atoms with Crippen molar-refractivity contribution in [3.8, 4) is 0 Å². The number of primary amides is 1. The summed E-state index contributed by atoms with van der Waals surface area (Å²) in [6.07, 6.45) is 0. The van der Waals surface area contributed by atoms with Crippen molar-refractivity contribution in [3.05, 3.63) is 60.2 Å². The molecule has 0 aliphatic carbocycles. The smallest absolute Gasteiger partial charge is 0.248 e. The first-order valence-corrected chi connectivity index (χ1v) is 6.58. The molecule has 0 aromatic heterocycles. The third kappa shape index (κ3) is 4.07. The van der Waals surface area contributed by atoms with Crippen LogP contribution in [0, 0.1) is 0 Å². The molecule has 0 aliphatic heterocycles. The Morgan fingerprint density at radius 2 is 1.57 bits per heavy atom. The van der Waals surface area contributed by atoms with Gasteiger partial charge < -0.3 is 16.4 Å². The molecule has 2 rings (SSSR count). The number of nitrogens with one attached hydrogen (secondary N) is 2. The molecule has 5 heteroatoms. The second kappa shape index (κ2) is 6.56. The molecule has 21 heavy (non-hydrogen) atoms. The molecule has 2 aromatic carbocycles. The van der Waals surface area contributed by atoms with E-state index in [1.165, 1.54) is 0 Å². The van der Waals surface area contributed by atoms with E-state index in [0.717, 1.165) is 5.69 Å². The Balaban J connectivity index is 1.95. The van der Waals surface area contributed by atoms with E-state index < -0.39 is 5.91 Å². The minimum atomic E-state index is -0.494. The maximum atomic E-state index is 12.1. The largest absolute Gasteiger partial charge is 0.374 e. The van der Waals surface area contributed by atoms with Crippen LogP contribution in [0.5, 0.6) is 0 Å². The van der Waals surface area contributed by atoms with E-state index in [-0.39, 0.29) is 11.9 Å². The highest BCUT2D eigenvalue weighted by Crippen LogP contribution is 2.11. The van der Waals surface area contributed by atoms with Crippen LogP contribution in [0.3, 0.4) is 0 Å². The molecular weight excluding hydrogens is 266 g/mol. The standard InChI is InChI=1S/C16H17N3O2/c1-11(18-13-5-3-2-4-6-13)16(21)19-14-9-7-12(8-10-14)15(17)20/h2-11,18H,1H3,(H2,17,20)(H,19,21)/t11-/m0/s1. The summed E-state index contributed by atoms with van der Waals surface area (Å²) in [6.45, 7) is 1.78. The number of nitrogens with two attached hydrogens (primary N) is 1. The van der Waals surface area contributed by atoms with Gasteiger partial charge in [-0.15, -0.1) is 0 Å². The second-order valence-electron chi connectivity index (χ2n) is 4.66. The molecule has 0 aliphatic rings. The predicted molar refractivity (Wildman–Crippen MR) is 83.1 cm³/mol. The Labute approximate surface area is 123 Å². The fourth-order valence-electron chi connectivity index (χ4n) is 1.82. The molecule has 2 aromatic rings. The average molecular weight is 283 g/mol. The number of hydrogen-bond donors (Lipinski definition) is 3. The molecule has 0 saturated carbocycles. The van der Waals surface area contributed by atoms with Crippen molar-refractivity contribution in [2.24, 2.45) is 5.73 Å². The zero-order valence-corrected chi connectivity index (χ0v) is 11.7. The van der Waals surface area contributed by atoms with Crippen molar-refractivity contribution in [2.45, 2.75) is 13.0 Å². The van der Waals surface area contributed by atoms with Crippen LogP contribution >= 0.6 is 0 Å². The Hall–Kier alpha value is -2.82. The van der Waals surface area contributed by atoms with Crippen LogP contribution in [0.25, 0.3) is 0 Å². The molecule has 0 heterocycles. The SMILES string of the molecule is C[C@H](Nc1ccccc1)C(=O)Nc1ccc(C(N)=O)cc1. The third-order valence-electron chi connectivity index (χ3n) is 2.99. The number of rotatable bonds is 5. The summed E-state index contributed by atoms with van der Waals surface area (Å²) in [7, 11) is 0. The fraction of sp³-hybridized carbons (Fsp3) is 0.125. The van der Waals surface area contributed by atoms with Crippen LogP contribution in [0.4, 0.5) is 11.4 Å². The number of benzene rings is 2. The average Bonchev–Trinajstić information content (AvgIpc) is 2.48. The highest BCUT2D eigenvalue weighted by Gasteiger charge is 2.12. The Morgan fingerprint density at radius 3 is 2.14 bits per heavy atom. The molecule has 0 unspecified atom stereocenters. The number of anilines is 2. The van der Waals surface area contributed by atoms with E-state index in [1.54, 1.807) is 31.2 Å². The first-order valence-electron chi connectivity index (χ1n) is 6.58. The Kier molecular flexibility index (Phi) is 4.56. The van der Waals surface area contributed by atoms with Gasteiger partial charge in [0.15, 0.2) is 0 Å². The molecular formula is C16H17N3O2. The zero-order valence-electron chi connectivity index (χ0n) is 11.7. The van der Waals surface area contributed by atoms with E-state index in [4.69, 9.17) is 5.73 Å². The monoisotopic (exact) mass is 283 g/mol. The van der Waals surface area contributed by atoms with Crippen LogP contribution in [0.1, 0.15) is 17.3 Å². The van der Waals surface area contributed by atoms with Gasteiger partial charge in [-0.05, 0) is 43.3 Å². The summed E-state index contributed by atoms with van der Waals surface area (Å²) in [5.74, 6) is -0.655. The fourth-order valence-corrected chi connectivity index (χ4v) is 1.82. The number of hydrogen-bond acceptors (Lipinski definition) is 3. The molecule has 0 fully saturated rings. The van der Waals surface area contributed by atoms with Gasteiger partial charge in [-0.2, -0.15) is 0 Å². The van der Waals surface area contributed by atoms with Crippen molar-refractivity contribution < 1.29 is 9.59 Å². The number of carbonyl (C=O) groups is 2. The maximum absolute atomic E-state index is 12.1. The van der Waals surface area contributed by atoms with E-state index >= 15 is 0 Å². The third-order valence-corrected chi connectivity index (χ3v) is 2.99. The molecule has 0 bridgehead atoms. The van der Waals surface area contributed by atoms with Crippen LogP contribution in [-0.4, -0.2) is 17.9 Å². The lowest BCUT2D eigenvalue weighted by molar-refractivity contribution is -0.116. The van der Waals surface area contributed by atoms with Crippen molar-refractivity contribution in [1.29, 1.82) is 0 Å². The summed E-state index contributed by atoms with van der Waals surface area (Å²) in [4.78, 5) is 23.0. The van der Waals surface area contributed by atoms with Crippen LogP contribution < -0.4 is 16.4 Å². The lowest BCUT2D eigenvalue weighted by Crippen LogP contribution is -2.31. The van der Waals surface area contributed by atoms with Crippen molar-refractivity contribution >= 4 is 23.2 Å². The Bertz CT molecular complexity index is 624. The van der Waals surface area contributed by atoms with Gasteiger partial charge in [-0.25, -0.2) is 0 Å². The van der Waals surface area contributed by atoms with Gasteiger partial charge in [-0.1, -0.05) is 18.2 Å². The predicted octanol–water partition coefficient (Wildman–Crippen LogP) is 2.22. The van der Waals surface area contributed by atoms with Crippen molar-refractivity contribution in [2.75, 3.05) is 10.6 Å². The number of para-hydroxylation sites is 1. The number of carbonyl (C=O) groups excluding carboxylic acids is 2. The normalized spacial score (nSPS) is 11.5. The Morgan fingerprint density at radius 1 is 0.952 bits per heavy atom. The van der Waals surface area contributed by atoms with E-state index in [2.05, 4.69) is 10.6 Å². The van der Waals surface area contributed by atoms with Gasteiger partial charge in [0.1, 0.15) is 6.04 Å². The molecule has 108 valence electrons. The van der Waals surface area contributed by atoms with E-state index in [1.807, 2.05) is 30.3 Å². The molecule has 4 N–H and O–H groups in total. The summed E-state index contributed by atoms with van der Waals surface area (Å²) < 4.78 is 0. The van der Waals surface area contributed by atoms with Gasteiger partial charge in [0, 0.05) is 16.9 Å². The van der Waals surface area contributed by atoms with E-state index in [9.17, 15) is 9.59 Å². The quantitative estimate of drug-likeness (QED) is 0.786. The van der Waals surface area contributed by atoms with E-state index in [0.29, 0.717) is 11.3 Å². The zero-order chi connectivity index (χ0) is 15.2. The van der Waals surface area contributed by atoms with Gasteiger partial charge in [-0.3, -0.25) is 9.59 Å². The highest BCUT2D eigenvalue weighted by atomic mass is 16.2. The topological polar surface area (TPSA) is 84.2 Å². The first kappa shape index (κ1) is 14.6. The number of amides is 2. The van der Waals surface area contributed by atoms with Crippen molar-refractivity contribution in [3.63, 3.8) is 0 Å². The summed E-state index contributed by atoms with van der Waals surface area (Å²) >= 11 is 0. The minimum Gasteiger partial charge on any atom is -0.374 e. The molecule has 2 amide bonds. The lowest BCUT2D eigenvalue weighted by atomic mass is 10.2. The van der Waals surface area contributed by atoms with Crippen LogP contribution in [0.2, 0.25) is 0 Å². The summed E-state index contributed by atoms with van der Waals surface area (Å²) in [5, 5.41) is 5.88. The van der Waals surface area contributed by atoms with Gasteiger partial charge >= 0.3 is 0 Å². The first-order chi connectivity index (χ1) is 10.1. The van der Waals surface area contributed by atoms with Gasteiger partial charge in [0.2, 0.25) is 11.8 Å². The summed E-state index contributed by atoms with van der Waals surface area (Å²) in [5.41, 5.74) is 7.07. The van der Waals surface area contributed by atoms with Gasteiger partial charge in [0.25, 0.3) is 0 Å². The maximum Gasteiger partial charge on any atom is 0.248 e. The lowest BCUT2D eigenvalue weighted by Gasteiger charge is -2.15. The molecule has 5 nitrogen and oxygen atoms in total. The summed E-state index contributed by atoms with van der Waals surface area (Å²) in [6, 6.07) is 15.6. The molecule has 0 spiro atoms. The molecule has 1 atom stereocenters. The molecule has 0 radical (unpaired) electrons. The van der Waals surface area contributed by atoms with Gasteiger partial charge in [0.05, 0.1) is 0 Å². The van der Waals surface area contributed by atoms with Crippen molar-refractivity contribution in [1.82, 2.24) is 0 Å². The van der Waals surface area contributed by atoms with Crippen LogP contribution in [-0.2, 0) is 4.79 Å². The highest BCUT2D eigenvalue weighted by molar-refractivity contribution is 5.97.